The molecule has 0 bridgehead atoms. The third-order valence-corrected chi connectivity index (χ3v) is 6.87. The van der Waals surface area contributed by atoms with Crippen molar-refractivity contribution >= 4 is 22.6 Å². The first-order chi connectivity index (χ1) is 15.6. The molecule has 1 saturated heterocycles. The lowest BCUT2D eigenvalue weighted by atomic mass is 10.1. The largest absolute Gasteiger partial charge is 0.458 e. The summed E-state index contributed by atoms with van der Waals surface area (Å²) in [5, 5.41) is 5.46. The summed E-state index contributed by atoms with van der Waals surface area (Å²) < 4.78 is 11.9. The van der Waals surface area contributed by atoms with E-state index in [4.69, 9.17) is 9.47 Å². The zero-order valence-electron chi connectivity index (χ0n) is 20.4. The molecule has 6 nitrogen and oxygen atoms in total. The predicted octanol–water partition coefficient (Wildman–Crippen LogP) is 4.06. The minimum absolute atomic E-state index is 0.0385. The molecule has 1 saturated carbocycles. The number of nitrogens with one attached hydrogen (secondary N) is 1. The highest BCUT2D eigenvalue weighted by Crippen LogP contribution is 2.47. The van der Waals surface area contributed by atoms with Crippen LogP contribution in [-0.2, 0) is 25.7 Å². The molecular weight excluding hydrogens is 416 g/mol. The number of carbonyl (C=O) groups excluding carboxylic acids is 2. The first kappa shape index (κ1) is 23.7. The van der Waals surface area contributed by atoms with Crippen molar-refractivity contribution in [2.24, 2.45) is 5.92 Å². The van der Waals surface area contributed by atoms with Gasteiger partial charge in [-0.3, -0.25) is 9.69 Å². The molecule has 1 heterocycles. The molecule has 1 N–H and O–H groups in total. The maximum absolute atomic E-state index is 13.2. The number of fused-ring (bicyclic) bond motifs is 1. The molecule has 1 amide bonds. The number of carbonyl (C=O) groups is 2. The summed E-state index contributed by atoms with van der Waals surface area (Å²) in [6.45, 7) is 8.79. The van der Waals surface area contributed by atoms with Gasteiger partial charge in [0.25, 0.3) is 0 Å². The van der Waals surface area contributed by atoms with Crippen LogP contribution in [0.25, 0.3) is 10.8 Å². The van der Waals surface area contributed by atoms with E-state index in [0.717, 1.165) is 12.0 Å². The molecular formula is C27H36N2O4. The number of hydrogen-bond donors (Lipinski definition) is 1. The second kappa shape index (κ2) is 9.07. The van der Waals surface area contributed by atoms with E-state index in [-0.39, 0.29) is 29.9 Å². The number of nitrogens with zero attached hydrogens (tertiary/aromatic N) is 1. The molecule has 2 aromatic rings. The Hall–Kier alpha value is -2.44. The van der Waals surface area contributed by atoms with Crippen molar-refractivity contribution in [3.05, 3.63) is 48.0 Å². The van der Waals surface area contributed by atoms with Crippen molar-refractivity contribution in [3.63, 3.8) is 0 Å². The molecule has 2 fully saturated rings. The molecule has 0 aromatic heterocycles. The van der Waals surface area contributed by atoms with Crippen LogP contribution in [0.4, 0.5) is 0 Å². The van der Waals surface area contributed by atoms with Crippen molar-refractivity contribution in [3.8, 4) is 0 Å². The van der Waals surface area contributed by atoms with E-state index in [9.17, 15) is 9.59 Å². The first-order valence-electron chi connectivity index (χ1n) is 12.0. The highest BCUT2D eigenvalue weighted by Gasteiger charge is 2.62. The number of benzene rings is 2. The molecule has 1 aliphatic carbocycles. The number of likely N-dealkylation sites (N-methyl/N-ethyl adjacent to an activating group) is 1. The van der Waals surface area contributed by atoms with Crippen LogP contribution in [0.5, 0.6) is 0 Å². The average molecular weight is 453 g/mol. The van der Waals surface area contributed by atoms with Crippen LogP contribution in [0.3, 0.4) is 0 Å². The van der Waals surface area contributed by atoms with Gasteiger partial charge in [-0.25, -0.2) is 4.79 Å². The first-order valence-corrected chi connectivity index (χ1v) is 12.0. The molecule has 6 heteroatoms. The minimum Gasteiger partial charge on any atom is -0.458 e. The summed E-state index contributed by atoms with van der Waals surface area (Å²) in [4.78, 5) is 28.1. The third-order valence-electron chi connectivity index (χ3n) is 6.87. The number of likely N-dealkylation sites (tertiary alicyclic amines) is 1. The molecule has 4 atom stereocenters. The van der Waals surface area contributed by atoms with Gasteiger partial charge in [-0.15, -0.1) is 0 Å². The van der Waals surface area contributed by atoms with Gasteiger partial charge in [0.1, 0.15) is 11.1 Å². The lowest BCUT2D eigenvalue weighted by Gasteiger charge is -2.27. The van der Waals surface area contributed by atoms with Gasteiger partial charge >= 0.3 is 5.97 Å². The van der Waals surface area contributed by atoms with E-state index in [1.807, 2.05) is 57.8 Å². The van der Waals surface area contributed by atoms with Crippen LogP contribution in [0.15, 0.2) is 42.5 Å². The Bertz CT molecular complexity index is 1020. The minimum atomic E-state index is -0.887. The second-order valence-electron chi connectivity index (χ2n) is 10.5. The van der Waals surface area contributed by atoms with Crippen molar-refractivity contribution in [2.75, 3.05) is 13.6 Å². The van der Waals surface area contributed by atoms with Crippen molar-refractivity contribution < 1.29 is 19.1 Å². The Labute approximate surface area is 196 Å². The van der Waals surface area contributed by atoms with Crippen molar-refractivity contribution in [2.45, 2.75) is 76.9 Å². The summed E-state index contributed by atoms with van der Waals surface area (Å²) in [6, 6.07) is 14.2. The summed E-state index contributed by atoms with van der Waals surface area (Å²) in [5.74, 6) is -0.309. The fraction of sp³-hybridized carbons (Fsp3) is 0.556. The van der Waals surface area contributed by atoms with Gasteiger partial charge in [-0.05, 0) is 62.9 Å². The zero-order valence-corrected chi connectivity index (χ0v) is 20.4. The summed E-state index contributed by atoms with van der Waals surface area (Å²) >= 11 is 0. The molecule has 0 unspecified atom stereocenters. The van der Waals surface area contributed by atoms with E-state index < -0.39 is 11.1 Å². The number of esters is 1. The molecule has 0 radical (unpaired) electrons. The number of ether oxygens (including phenoxy) is 2. The maximum atomic E-state index is 13.2. The third kappa shape index (κ3) is 5.07. The fourth-order valence-corrected chi connectivity index (χ4v) is 4.95. The summed E-state index contributed by atoms with van der Waals surface area (Å²) in [7, 11) is 1.94. The molecule has 1 aliphatic heterocycles. The number of amides is 1. The van der Waals surface area contributed by atoms with E-state index in [1.165, 1.54) is 10.8 Å². The van der Waals surface area contributed by atoms with Crippen molar-refractivity contribution in [1.82, 2.24) is 10.2 Å². The summed E-state index contributed by atoms with van der Waals surface area (Å²) in [5.41, 5.74) is -0.321. The van der Waals surface area contributed by atoms with E-state index >= 15 is 0 Å². The van der Waals surface area contributed by atoms with Crippen LogP contribution in [-0.4, -0.2) is 53.7 Å². The van der Waals surface area contributed by atoms with Gasteiger partial charge in [0.05, 0.1) is 18.8 Å². The standard InChI is InChI=1S/C27H36N2O4/c1-6-20-15-27(20,25(31)33-26(2,3)4)28-24(30)23-14-21(16-29(23)5)32-17-19-12-9-11-18-10-7-8-13-22(18)19/h7-13,20-21,23H,6,14-17H2,1-5H3,(H,28,30)/t20-,21+,23-,27+/m0/s1. The molecule has 178 valence electrons. The van der Waals surface area contributed by atoms with Gasteiger partial charge < -0.3 is 14.8 Å². The monoisotopic (exact) mass is 452 g/mol. The van der Waals surface area contributed by atoms with Gasteiger partial charge in [0.15, 0.2) is 0 Å². The highest BCUT2D eigenvalue weighted by molar-refractivity contribution is 5.93. The van der Waals surface area contributed by atoms with Gasteiger partial charge in [0.2, 0.25) is 5.91 Å². The number of hydrogen-bond acceptors (Lipinski definition) is 5. The molecule has 4 rings (SSSR count). The Balaban J connectivity index is 1.38. The lowest BCUT2D eigenvalue weighted by molar-refractivity contribution is -0.161. The van der Waals surface area contributed by atoms with Gasteiger partial charge in [-0.2, -0.15) is 0 Å². The second-order valence-corrected chi connectivity index (χ2v) is 10.5. The highest BCUT2D eigenvalue weighted by atomic mass is 16.6. The van der Waals surface area contributed by atoms with Crippen LogP contribution < -0.4 is 5.32 Å². The van der Waals surface area contributed by atoms with Gasteiger partial charge in [0, 0.05) is 6.54 Å². The SMILES string of the molecule is CC[C@H]1C[C@]1(NC(=O)[C@@H]1C[C@@H](OCc2cccc3ccccc23)CN1C)C(=O)OC(C)(C)C. The van der Waals surface area contributed by atoms with E-state index in [2.05, 4.69) is 29.6 Å². The topological polar surface area (TPSA) is 67.9 Å². The predicted molar refractivity (Wildman–Crippen MR) is 129 cm³/mol. The molecule has 33 heavy (non-hydrogen) atoms. The molecule has 2 aromatic carbocycles. The Morgan fingerprint density at radius 2 is 1.88 bits per heavy atom. The number of rotatable bonds is 7. The van der Waals surface area contributed by atoms with Crippen LogP contribution in [0.1, 0.15) is 52.5 Å². The lowest BCUT2D eigenvalue weighted by Crippen LogP contribution is -2.52. The van der Waals surface area contributed by atoms with Crippen molar-refractivity contribution in [1.29, 1.82) is 0 Å². The Morgan fingerprint density at radius 1 is 1.15 bits per heavy atom. The van der Waals surface area contributed by atoms with Crippen LogP contribution >= 0.6 is 0 Å². The maximum Gasteiger partial charge on any atom is 0.332 e. The van der Waals surface area contributed by atoms with Gasteiger partial charge in [-0.1, -0.05) is 55.8 Å². The van der Waals surface area contributed by atoms with E-state index in [0.29, 0.717) is 26.0 Å². The quantitative estimate of drug-likeness (QED) is 0.642. The summed E-state index contributed by atoms with van der Waals surface area (Å²) in [6.07, 6.45) is 2.04. The molecule has 0 spiro atoms. The Morgan fingerprint density at radius 3 is 2.58 bits per heavy atom. The smallest absolute Gasteiger partial charge is 0.332 e. The zero-order chi connectivity index (χ0) is 23.8. The normalized spacial score (nSPS) is 27.5. The van der Waals surface area contributed by atoms with Crippen LogP contribution in [0.2, 0.25) is 0 Å². The van der Waals surface area contributed by atoms with E-state index in [1.54, 1.807) is 0 Å². The average Bonchev–Trinajstić information content (AvgIpc) is 3.35. The Kier molecular flexibility index (Phi) is 6.52. The fourth-order valence-electron chi connectivity index (χ4n) is 4.95. The van der Waals surface area contributed by atoms with Crippen LogP contribution in [0, 0.1) is 5.92 Å². The molecule has 2 aliphatic rings.